The van der Waals surface area contributed by atoms with Gasteiger partial charge in [0.1, 0.15) is 0 Å². The van der Waals surface area contributed by atoms with Crippen molar-refractivity contribution >= 4 is 0 Å². The Kier molecular flexibility index (Phi) is 3.69. The second-order valence-corrected chi connectivity index (χ2v) is 4.82. The van der Waals surface area contributed by atoms with Gasteiger partial charge in [-0.15, -0.1) is 0 Å². The van der Waals surface area contributed by atoms with E-state index in [1.54, 1.807) is 4.90 Å². The Hall–Kier alpha value is -0.280. The molecule has 6 N–H and O–H groups in total. The van der Waals surface area contributed by atoms with Crippen LogP contribution in [0.25, 0.3) is 0 Å². The number of fused-ring (bicyclic) bond motifs is 1. The molecule has 17 heavy (non-hydrogen) atoms. The second kappa shape index (κ2) is 4.77. The summed E-state index contributed by atoms with van der Waals surface area (Å²) in [7, 11) is 0. The van der Waals surface area contributed by atoms with E-state index < -0.39 is 49.0 Å². The van der Waals surface area contributed by atoms with Crippen molar-refractivity contribution in [3.05, 3.63) is 0 Å². The Morgan fingerprint density at radius 2 is 1.53 bits per heavy atom. The van der Waals surface area contributed by atoms with Crippen molar-refractivity contribution in [3.63, 3.8) is 0 Å². The fourth-order valence-corrected chi connectivity index (χ4v) is 3.04. The lowest BCUT2D eigenvalue weighted by Crippen LogP contribution is -2.61. The van der Waals surface area contributed by atoms with Crippen LogP contribution in [0.3, 0.4) is 0 Å². The zero-order valence-electron chi connectivity index (χ0n) is 9.29. The van der Waals surface area contributed by atoms with Gasteiger partial charge in [-0.2, -0.15) is 0 Å². The van der Waals surface area contributed by atoms with Crippen molar-refractivity contribution in [1.82, 2.24) is 4.90 Å². The Morgan fingerprint density at radius 3 is 2.06 bits per heavy atom. The normalized spacial score (nSPS) is 51.5. The van der Waals surface area contributed by atoms with E-state index in [-0.39, 0.29) is 13.2 Å². The predicted molar refractivity (Wildman–Crippen MR) is 56.0 cm³/mol. The molecule has 0 aromatic heterocycles. The lowest BCUT2D eigenvalue weighted by molar-refractivity contribution is -0.125. The molecule has 2 rings (SSSR count). The smallest absolute Gasteiger partial charge is 0.0991 e. The van der Waals surface area contributed by atoms with Crippen molar-refractivity contribution < 1.29 is 30.6 Å². The summed E-state index contributed by atoms with van der Waals surface area (Å²) in [6.45, 7) is -0.696. The third-order valence-corrected chi connectivity index (χ3v) is 3.97. The predicted octanol–water partition coefficient (Wildman–Crippen LogP) is -3.90. The van der Waals surface area contributed by atoms with Crippen LogP contribution in [0.1, 0.15) is 0 Å². The van der Waals surface area contributed by atoms with Crippen LogP contribution in [0.2, 0.25) is 0 Å². The molecule has 0 amide bonds. The van der Waals surface area contributed by atoms with Crippen molar-refractivity contribution in [1.29, 1.82) is 0 Å². The number of hydrogen-bond acceptors (Lipinski definition) is 7. The van der Waals surface area contributed by atoms with Crippen molar-refractivity contribution in [2.75, 3.05) is 19.8 Å². The number of piperidine rings is 1. The fraction of sp³-hybridized carbons (Fsp3) is 1.00. The van der Waals surface area contributed by atoms with Gasteiger partial charge in [0.2, 0.25) is 0 Å². The van der Waals surface area contributed by atoms with Crippen molar-refractivity contribution in [2.24, 2.45) is 5.92 Å². The fourth-order valence-electron chi connectivity index (χ4n) is 3.04. The van der Waals surface area contributed by atoms with E-state index >= 15 is 0 Å². The largest absolute Gasteiger partial charge is 0.396 e. The van der Waals surface area contributed by atoms with Gasteiger partial charge in [-0.25, -0.2) is 0 Å². The van der Waals surface area contributed by atoms with Gasteiger partial charge in [0.15, 0.2) is 0 Å². The maximum Gasteiger partial charge on any atom is 0.0991 e. The molecule has 100 valence electrons. The van der Waals surface area contributed by atoms with Crippen LogP contribution in [0.4, 0.5) is 0 Å². The zero-order valence-corrected chi connectivity index (χ0v) is 9.29. The highest BCUT2D eigenvalue weighted by Crippen LogP contribution is 2.35. The van der Waals surface area contributed by atoms with Crippen LogP contribution in [0.15, 0.2) is 0 Å². The Balaban J connectivity index is 2.27. The van der Waals surface area contributed by atoms with Crippen molar-refractivity contribution in [2.45, 2.75) is 36.5 Å². The van der Waals surface area contributed by atoms with Gasteiger partial charge in [0, 0.05) is 18.5 Å². The molecule has 7 nitrogen and oxygen atoms in total. The number of hydrogen-bond donors (Lipinski definition) is 6. The summed E-state index contributed by atoms with van der Waals surface area (Å²) in [5, 5.41) is 57.5. The number of aliphatic hydroxyl groups is 6. The van der Waals surface area contributed by atoms with Gasteiger partial charge < -0.3 is 30.6 Å². The maximum absolute atomic E-state index is 9.89. The van der Waals surface area contributed by atoms with E-state index in [1.165, 1.54) is 0 Å². The molecular weight excluding hydrogens is 230 g/mol. The number of aliphatic hydroxyl groups excluding tert-OH is 6. The lowest BCUT2D eigenvalue weighted by atomic mass is 9.84. The van der Waals surface area contributed by atoms with Gasteiger partial charge in [-0.05, 0) is 0 Å². The van der Waals surface area contributed by atoms with Crippen LogP contribution >= 0.6 is 0 Å². The third-order valence-electron chi connectivity index (χ3n) is 3.97. The molecule has 7 atom stereocenters. The molecule has 2 aliphatic rings. The second-order valence-electron chi connectivity index (χ2n) is 4.82. The molecule has 2 aliphatic heterocycles. The zero-order chi connectivity index (χ0) is 12.7. The van der Waals surface area contributed by atoms with Gasteiger partial charge in [-0.1, -0.05) is 0 Å². The Labute approximate surface area is 98.5 Å². The Bertz CT molecular complexity index is 278. The minimum Gasteiger partial charge on any atom is -0.396 e. The molecule has 0 spiro atoms. The van der Waals surface area contributed by atoms with Crippen molar-refractivity contribution in [3.8, 4) is 0 Å². The topological polar surface area (TPSA) is 125 Å². The first-order valence-electron chi connectivity index (χ1n) is 5.72. The highest BCUT2D eigenvalue weighted by Gasteiger charge is 2.55. The summed E-state index contributed by atoms with van der Waals surface area (Å²) in [5.74, 6) is -0.736. The molecule has 0 radical (unpaired) electrons. The van der Waals surface area contributed by atoms with Gasteiger partial charge >= 0.3 is 0 Å². The summed E-state index contributed by atoms with van der Waals surface area (Å²) in [6.07, 6.45) is -4.49. The van der Waals surface area contributed by atoms with Gasteiger partial charge in [0.05, 0.1) is 43.7 Å². The minimum absolute atomic E-state index is 0.0572. The SMILES string of the molecule is OC[C@H]1[C@@H](O)[C@H](O)CN2[C@H]1[C@@H](O)[C@H](O)[C@H]2CO. The van der Waals surface area contributed by atoms with E-state index in [1.807, 2.05) is 0 Å². The molecule has 2 heterocycles. The summed E-state index contributed by atoms with van der Waals surface area (Å²) in [4.78, 5) is 1.56. The highest BCUT2D eigenvalue weighted by molar-refractivity contribution is 5.08. The summed E-state index contributed by atoms with van der Waals surface area (Å²) < 4.78 is 0. The first-order valence-corrected chi connectivity index (χ1v) is 5.72. The van der Waals surface area contributed by atoms with Gasteiger partial charge in [-0.3, -0.25) is 4.90 Å². The van der Waals surface area contributed by atoms with Crippen LogP contribution in [-0.4, -0.2) is 91.8 Å². The van der Waals surface area contributed by atoms with E-state index in [4.69, 9.17) is 0 Å². The van der Waals surface area contributed by atoms with Crippen LogP contribution in [-0.2, 0) is 0 Å². The molecule has 0 aliphatic carbocycles. The maximum atomic E-state index is 9.89. The first kappa shape index (κ1) is 13.2. The summed E-state index contributed by atoms with van der Waals surface area (Å²) in [6, 6.07) is -1.32. The van der Waals surface area contributed by atoms with Gasteiger partial charge in [0.25, 0.3) is 0 Å². The highest BCUT2D eigenvalue weighted by atomic mass is 16.3. The average Bonchev–Trinajstić information content (AvgIpc) is 2.54. The molecular formula is C10H19NO6. The lowest BCUT2D eigenvalue weighted by Gasteiger charge is -2.44. The van der Waals surface area contributed by atoms with E-state index in [2.05, 4.69) is 0 Å². The van der Waals surface area contributed by atoms with Crippen LogP contribution in [0.5, 0.6) is 0 Å². The molecule has 0 bridgehead atoms. The number of nitrogens with zero attached hydrogens (tertiary/aromatic N) is 1. The molecule has 0 unspecified atom stereocenters. The molecule has 0 aromatic carbocycles. The number of rotatable bonds is 2. The standard InChI is InChI=1S/C10H19NO6/c12-2-4-7-10(17)9(16)5(3-13)11(7)1-6(14)8(4)15/h4-10,12-17H,1-3H2/t4-,5-,6-,7-,8-,9-,10-/m1/s1. The average molecular weight is 249 g/mol. The monoisotopic (exact) mass is 249 g/mol. The van der Waals surface area contributed by atoms with E-state index in [0.29, 0.717) is 0 Å². The molecule has 2 fully saturated rings. The summed E-state index contributed by atoms with van der Waals surface area (Å²) >= 11 is 0. The third kappa shape index (κ3) is 1.88. The molecule has 0 saturated carbocycles. The molecule has 7 heteroatoms. The van der Waals surface area contributed by atoms with Crippen LogP contribution < -0.4 is 0 Å². The summed E-state index contributed by atoms with van der Waals surface area (Å²) in [5.41, 5.74) is 0. The first-order chi connectivity index (χ1) is 8.02. The van der Waals surface area contributed by atoms with E-state index in [9.17, 15) is 30.6 Å². The quantitative estimate of drug-likeness (QED) is 0.295. The minimum atomic E-state index is -1.15. The Morgan fingerprint density at radius 1 is 0.882 bits per heavy atom. The molecule has 0 aromatic rings. The molecule has 2 saturated heterocycles. The van der Waals surface area contributed by atoms with Crippen LogP contribution in [0, 0.1) is 5.92 Å². The van der Waals surface area contributed by atoms with E-state index in [0.717, 1.165) is 0 Å².